The summed E-state index contributed by atoms with van der Waals surface area (Å²) in [5.41, 5.74) is 0.393. The number of hydrogen-bond donors (Lipinski definition) is 0. The number of fused-ring (bicyclic) bond motifs is 5. The molecule has 5 rings (SSSR count). The molecular weight excluding hydrogens is 312 g/mol. The second-order valence-corrected chi connectivity index (χ2v) is 7.91. The number of anilines is 1. The van der Waals surface area contributed by atoms with Crippen LogP contribution >= 0.6 is 11.6 Å². The highest BCUT2D eigenvalue weighted by atomic mass is 35.5. The van der Waals surface area contributed by atoms with Gasteiger partial charge in [-0.15, -0.1) is 0 Å². The minimum atomic E-state index is 0.00615. The Labute approximate surface area is 141 Å². The topological polar surface area (TPSA) is 49.3 Å². The summed E-state index contributed by atoms with van der Waals surface area (Å²) in [4.78, 5) is 26.0. The van der Waals surface area contributed by atoms with E-state index in [-0.39, 0.29) is 5.91 Å². The van der Waals surface area contributed by atoms with E-state index in [4.69, 9.17) is 11.6 Å². The molecule has 2 saturated carbocycles. The van der Waals surface area contributed by atoms with E-state index in [1.165, 1.54) is 19.3 Å². The van der Waals surface area contributed by atoms with Gasteiger partial charge in [-0.25, -0.2) is 9.97 Å². The maximum absolute atomic E-state index is 13.0. The van der Waals surface area contributed by atoms with Crippen LogP contribution in [0.15, 0.2) is 6.20 Å². The van der Waals surface area contributed by atoms with E-state index in [1.54, 1.807) is 6.20 Å². The first-order valence-corrected chi connectivity index (χ1v) is 9.18. The van der Waals surface area contributed by atoms with Gasteiger partial charge in [0, 0.05) is 31.6 Å². The van der Waals surface area contributed by atoms with Crippen LogP contribution in [-0.4, -0.2) is 46.5 Å². The summed E-state index contributed by atoms with van der Waals surface area (Å²) < 4.78 is 0. The van der Waals surface area contributed by atoms with Gasteiger partial charge in [0.1, 0.15) is 0 Å². The van der Waals surface area contributed by atoms with Gasteiger partial charge in [0.15, 0.2) is 5.69 Å². The van der Waals surface area contributed by atoms with Crippen molar-refractivity contribution in [2.24, 2.45) is 17.8 Å². The number of carbonyl (C=O) groups excluding carboxylic acids is 1. The summed E-state index contributed by atoms with van der Waals surface area (Å²) in [7, 11) is 0. The maximum atomic E-state index is 13.0. The van der Waals surface area contributed by atoms with Crippen LogP contribution in [0.5, 0.6) is 0 Å². The van der Waals surface area contributed by atoms with Crippen LogP contribution < -0.4 is 4.90 Å². The predicted molar refractivity (Wildman–Crippen MR) is 87.6 cm³/mol. The fourth-order valence-corrected chi connectivity index (χ4v) is 5.44. The smallest absolute Gasteiger partial charge is 0.274 e. The third-order valence-electron chi connectivity index (χ3n) is 6.39. The number of nitrogens with zero attached hydrogens (tertiary/aromatic N) is 4. The van der Waals surface area contributed by atoms with Gasteiger partial charge in [0.25, 0.3) is 5.91 Å². The van der Waals surface area contributed by atoms with Gasteiger partial charge in [-0.1, -0.05) is 11.6 Å². The van der Waals surface area contributed by atoms with Gasteiger partial charge >= 0.3 is 0 Å². The zero-order chi connectivity index (χ0) is 15.6. The average Bonchev–Trinajstić information content (AvgIpc) is 3.22. The first kappa shape index (κ1) is 14.0. The molecule has 0 unspecified atom stereocenters. The Hall–Kier alpha value is -1.36. The molecule has 0 spiro atoms. The average molecular weight is 333 g/mol. The summed E-state index contributed by atoms with van der Waals surface area (Å²) in [6.07, 6.45) is 7.87. The molecule has 3 heterocycles. The van der Waals surface area contributed by atoms with Crippen molar-refractivity contribution in [1.82, 2.24) is 14.9 Å². The van der Waals surface area contributed by atoms with Crippen molar-refractivity contribution < 1.29 is 4.79 Å². The summed E-state index contributed by atoms with van der Waals surface area (Å²) in [6.45, 7) is 2.82. The highest BCUT2D eigenvalue weighted by Gasteiger charge is 2.58. The van der Waals surface area contributed by atoms with E-state index < -0.39 is 0 Å². The zero-order valence-electron chi connectivity index (χ0n) is 13.1. The largest absolute Gasteiger partial charge is 0.341 e. The monoisotopic (exact) mass is 332 g/mol. The molecule has 0 N–H and O–H groups in total. The SMILES string of the molecule is O=C(c1nc(N2CCCC2)ncc1Cl)N1C[C@H]2[C@H]3CC[C@@H](C3)[C@H]21. The summed E-state index contributed by atoms with van der Waals surface area (Å²) in [5, 5.41) is 0.379. The number of likely N-dealkylation sites (tertiary alicyclic amines) is 1. The summed E-state index contributed by atoms with van der Waals surface area (Å²) in [5.74, 6) is 2.96. The minimum Gasteiger partial charge on any atom is -0.341 e. The molecule has 4 atom stereocenters. The predicted octanol–water partition coefficient (Wildman–Crippen LogP) is 2.60. The lowest BCUT2D eigenvalue weighted by Crippen LogP contribution is -2.61. The molecule has 2 saturated heterocycles. The number of hydrogen-bond acceptors (Lipinski definition) is 4. The van der Waals surface area contributed by atoms with Gasteiger partial charge in [-0.3, -0.25) is 4.79 Å². The van der Waals surface area contributed by atoms with Crippen molar-refractivity contribution in [1.29, 1.82) is 0 Å². The Morgan fingerprint density at radius 1 is 1.22 bits per heavy atom. The Balaban J connectivity index is 1.40. The Morgan fingerprint density at radius 3 is 2.78 bits per heavy atom. The number of carbonyl (C=O) groups is 1. The van der Waals surface area contributed by atoms with Crippen molar-refractivity contribution in [3.8, 4) is 0 Å². The lowest BCUT2D eigenvalue weighted by Gasteiger charge is -2.50. The summed E-state index contributed by atoms with van der Waals surface area (Å²) >= 11 is 6.25. The van der Waals surface area contributed by atoms with E-state index in [0.29, 0.717) is 28.6 Å². The van der Waals surface area contributed by atoms with Crippen LogP contribution in [0.2, 0.25) is 5.02 Å². The van der Waals surface area contributed by atoms with Crippen molar-refractivity contribution in [2.45, 2.75) is 38.1 Å². The third-order valence-corrected chi connectivity index (χ3v) is 6.67. The highest BCUT2D eigenvalue weighted by molar-refractivity contribution is 6.33. The number of halogens is 1. The van der Waals surface area contributed by atoms with Crippen LogP contribution in [0.1, 0.15) is 42.6 Å². The lowest BCUT2D eigenvalue weighted by molar-refractivity contribution is -0.00948. The van der Waals surface area contributed by atoms with Crippen molar-refractivity contribution in [3.05, 3.63) is 16.9 Å². The van der Waals surface area contributed by atoms with Crippen molar-refractivity contribution in [2.75, 3.05) is 24.5 Å². The van der Waals surface area contributed by atoms with E-state index in [9.17, 15) is 4.79 Å². The fraction of sp³-hybridized carbons (Fsp3) is 0.706. The first-order chi connectivity index (χ1) is 11.2. The first-order valence-electron chi connectivity index (χ1n) is 8.81. The van der Waals surface area contributed by atoms with Crippen molar-refractivity contribution in [3.63, 3.8) is 0 Å². The van der Waals surface area contributed by atoms with Gasteiger partial charge < -0.3 is 9.80 Å². The molecule has 1 aromatic rings. The Morgan fingerprint density at radius 2 is 2.00 bits per heavy atom. The molecule has 6 heteroatoms. The van der Waals surface area contributed by atoms with Crippen LogP contribution in [0, 0.1) is 17.8 Å². The molecule has 1 amide bonds. The molecule has 5 nitrogen and oxygen atoms in total. The van der Waals surface area contributed by atoms with E-state index in [1.807, 2.05) is 4.90 Å². The molecule has 4 fully saturated rings. The number of rotatable bonds is 2. The summed E-state index contributed by atoms with van der Waals surface area (Å²) in [6, 6.07) is 0.447. The normalized spacial score (nSPS) is 34.7. The van der Waals surface area contributed by atoms with E-state index in [2.05, 4.69) is 14.9 Å². The molecule has 2 aliphatic heterocycles. The van der Waals surface area contributed by atoms with Gasteiger partial charge in [-0.2, -0.15) is 0 Å². The van der Waals surface area contributed by atoms with Crippen LogP contribution in [0.25, 0.3) is 0 Å². The number of aromatic nitrogens is 2. The molecular formula is C17H21ClN4O. The molecule has 4 aliphatic rings. The lowest BCUT2D eigenvalue weighted by atomic mass is 9.76. The Bertz CT molecular complexity index is 658. The van der Waals surface area contributed by atoms with E-state index >= 15 is 0 Å². The van der Waals surface area contributed by atoms with Crippen LogP contribution in [0.4, 0.5) is 5.95 Å². The highest BCUT2D eigenvalue weighted by Crippen LogP contribution is 2.55. The third kappa shape index (κ3) is 2.02. The quantitative estimate of drug-likeness (QED) is 0.835. The van der Waals surface area contributed by atoms with Gasteiger partial charge in [0.2, 0.25) is 5.95 Å². The number of amides is 1. The minimum absolute atomic E-state index is 0.00615. The maximum Gasteiger partial charge on any atom is 0.274 e. The zero-order valence-corrected chi connectivity index (χ0v) is 13.9. The molecule has 23 heavy (non-hydrogen) atoms. The fourth-order valence-electron chi connectivity index (χ4n) is 5.27. The second-order valence-electron chi connectivity index (χ2n) is 7.51. The van der Waals surface area contributed by atoms with Gasteiger partial charge in [0.05, 0.1) is 11.2 Å². The molecule has 122 valence electrons. The van der Waals surface area contributed by atoms with Crippen molar-refractivity contribution >= 4 is 23.5 Å². The van der Waals surface area contributed by atoms with Crippen LogP contribution in [0.3, 0.4) is 0 Å². The standard InChI is InChI=1S/C17H21ClN4O/c18-13-8-19-17(21-5-1-2-6-21)20-14(13)16(23)22-9-12-10-3-4-11(7-10)15(12)22/h8,10-12,15H,1-7,9H2/t10-,11-,12-,15+/m0/s1. The van der Waals surface area contributed by atoms with Gasteiger partial charge in [-0.05, 0) is 43.9 Å². The van der Waals surface area contributed by atoms with E-state index in [0.717, 1.165) is 44.3 Å². The molecule has 0 radical (unpaired) electrons. The molecule has 0 aromatic carbocycles. The molecule has 2 aliphatic carbocycles. The van der Waals surface area contributed by atoms with Crippen LogP contribution in [-0.2, 0) is 0 Å². The second kappa shape index (κ2) is 5.07. The Kier molecular flexibility index (Phi) is 3.09. The molecule has 1 aromatic heterocycles. The molecule has 2 bridgehead atoms.